The molecule has 0 bridgehead atoms. The first-order valence-electron chi connectivity index (χ1n) is 7.56. The predicted octanol–water partition coefficient (Wildman–Crippen LogP) is 0.170. The molecule has 1 fully saturated rings. The van der Waals surface area contributed by atoms with E-state index in [1.54, 1.807) is 23.3 Å². The standard InChI is InChI=1S/C15H20N6O2/c1-11(17-15(22)14-10-20(2)7-8-23-14)13-9-21(19-18-13)12-3-5-16-6-4-12/h3-6,9,11,14H,7-8,10H2,1-2H3,(H,17,22). The largest absolute Gasteiger partial charge is 0.366 e. The van der Waals surface area contributed by atoms with E-state index in [0.717, 1.165) is 12.2 Å². The van der Waals surface area contributed by atoms with Crippen LogP contribution in [0.25, 0.3) is 5.69 Å². The van der Waals surface area contributed by atoms with Crippen LogP contribution in [0.3, 0.4) is 0 Å². The molecule has 1 saturated heterocycles. The number of carbonyl (C=O) groups is 1. The van der Waals surface area contributed by atoms with Crippen LogP contribution in [0, 0.1) is 0 Å². The fraction of sp³-hybridized carbons (Fsp3) is 0.467. The minimum atomic E-state index is -0.438. The number of rotatable bonds is 4. The van der Waals surface area contributed by atoms with Gasteiger partial charge in [0.15, 0.2) is 0 Å². The number of nitrogens with zero attached hydrogens (tertiary/aromatic N) is 5. The van der Waals surface area contributed by atoms with Gasteiger partial charge >= 0.3 is 0 Å². The van der Waals surface area contributed by atoms with E-state index in [1.165, 1.54) is 0 Å². The van der Waals surface area contributed by atoms with Crippen molar-refractivity contribution in [3.63, 3.8) is 0 Å². The molecule has 2 aromatic rings. The third kappa shape index (κ3) is 3.72. The van der Waals surface area contributed by atoms with Crippen LogP contribution in [-0.4, -0.2) is 63.6 Å². The molecule has 1 aliphatic rings. The summed E-state index contributed by atoms with van der Waals surface area (Å²) in [5, 5.41) is 11.2. The van der Waals surface area contributed by atoms with Gasteiger partial charge in [-0.1, -0.05) is 5.21 Å². The zero-order valence-corrected chi connectivity index (χ0v) is 13.2. The first kappa shape index (κ1) is 15.6. The Balaban J connectivity index is 1.63. The molecule has 0 spiro atoms. The van der Waals surface area contributed by atoms with Gasteiger partial charge in [0.1, 0.15) is 11.8 Å². The lowest BCUT2D eigenvalue weighted by molar-refractivity contribution is -0.138. The summed E-state index contributed by atoms with van der Waals surface area (Å²) in [5.41, 5.74) is 1.56. The number of pyridine rings is 1. The highest BCUT2D eigenvalue weighted by Gasteiger charge is 2.26. The highest BCUT2D eigenvalue weighted by molar-refractivity contribution is 5.81. The van der Waals surface area contributed by atoms with Gasteiger partial charge in [-0.25, -0.2) is 4.68 Å². The predicted molar refractivity (Wildman–Crippen MR) is 82.9 cm³/mol. The number of hydrogen-bond acceptors (Lipinski definition) is 6. The number of likely N-dealkylation sites (N-methyl/N-ethyl adjacent to an activating group) is 1. The molecule has 0 radical (unpaired) electrons. The van der Waals surface area contributed by atoms with Crippen LogP contribution in [0.1, 0.15) is 18.7 Å². The van der Waals surface area contributed by atoms with E-state index in [0.29, 0.717) is 18.8 Å². The Labute approximate surface area is 134 Å². The van der Waals surface area contributed by atoms with Crippen LogP contribution < -0.4 is 5.32 Å². The second-order valence-corrected chi connectivity index (χ2v) is 5.65. The monoisotopic (exact) mass is 316 g/mol. The van der Waals surface area contributed by atoms with Crippen molar-refractivity contribution >= 4 is 5.91 Å². The molecule has 2 aromatic heterocycles. The number of morpholine rings is 1. The van der Waals surface area contributed by atoms with Crippen molar-refractivity contribution < 1.29 is 9.53 Å². The zero-order valence-electron chi connectivity index (χ0n) is 13.2. The quantitative estimate of drug-likeness (QED) is 0.865. The summed E-state index contributed by atoms with van der Waals surface area (Å²) in [6.07, 6.45) is 4.75. The molecule has 1 aliphatic heterocycles. The Hall–Kier alpha value is -2.32. The molecule has 122 valence electrons. The van der Waals surface area contributed by atoms with E-state index in [-0.39, 0.29) is 11.9 Å². The van der Waals surface area contributed by atoms with Gasteiger partial charge in [-0.2, -0.15) is 0 Å². The second-order valence-electron chi connectivity index (χ2n) is 5.65. The van der Waals surface area contributed by atoms with Gasteiger partial charge in [0.25, 0.3) is 5.91 Å². The highest BCUT2D eigenvalue weighted by atomic mass is 16.5. The van der Waals surface area contributed by atoms with Crippen LogP contribution in [-0.2, 0) is 9.53 Å². The van der Waals surface area contributed by atoms with Gasteiger partial charge in [-0.3, -0.25) is 9.78 Å². The average molecular weight is 316 g/mol. The van der Waals surface area contributed by atoms with Crippen molar-refractivity contribution in [1.82, 2.24) is 30.2 Å². The molecule has 1 amide bonds. The third-order valence-corrected chi connectivity index (χ3v) is 3.80. The first-order chi connectivity index (χ1) is 11.1. The molecule has 0 aliphatic carbocycles. The fourth-order valence-corrected chi connectivity index (χ4v) is 2.41. The molecule has 8 heteroatoms. The van der Waals surface area contributed by atoms with Gasteiger partial charge in [0.2, 0.25) is 0 Å². The van der Waals surface area contributed by atoms with Crippen molar-refractivity contribution in [3.8, 4) is 5.69 Å². The molecule has 2 unspecified atom stereocenters. The summed E-state index contributed by atoms with van der Waals surface area (Å²) < 4.78 is 7.18. The van der Waals surface area contributed by atoms with Crippen molar-refractivity contribution in [2.45, 2.75) is 19.1 Å². The molecule has 1 N–H and O–H groups in total. The maximum absolute atomic E-state index is 12.3. The van der Waals surface area contributed by atoms with Crippen molar-refractivity contribution in [2.24, 2.45) is 0 Å². The van der Waals surface area contributed by atoms with Crippen molar-refractivity contribution in [1.29, 1.82) is 0 Å². The van der Waals surface area contributed by atoms with Gasteiger partial charge in [0.05, 0.1) is 24.5 Å². The normalized spacial score (nSPS) is 20.2. The van der Waals surface area contributed by atoms with Gasteiger partial charge in [-0.15, -0.1) is 5.10 Å². The van der Waals surface area contributed by atoms with E-state index in [4.69, 9.17) is 4.74 Å². The van der Waals surface area contributed by atoms with E-state index < -0.39 is 6.10 Å². The van der Waals surface area contributed by atoms with Gasteiger partial charge in [0, 0.05) is 25.5 Å². The molecular formula is C15H20N6O2. The van der Waals surface area contributed by atoms with Gasteiger partial charge in [-0.05, 0) is 26.1 Å². The van der Waals surface area contributed by atoms with Crippen LogP contribution in [0.4, 0.5) is 0 Å². The maximum Gasteiger partial charge on any atom is 0.250 e. The summed E-state index contributed by atoms with van der Waals surface area (Å²) in [6.45, 7) is 3.90. The van der Waals surface area contributed by atoms with Crippen molar-refractivity contribution in [3.05, 3.63) is 36.4 Å². The number of hydrogen-bond donors (Lipinski definition) is 1. The van der Waals surface area contributed by atoms with E-state index >= 15 is 0 Å². The minimum absolute atomic E-state index is 0.123. The Bertz CT molecular complexity index is 659. The lowest BCUT2D eigenvalue weighted by Gasteiger charge is -2.29. The highest BCUT2D eigenvalue weighted by Crippen LogP contribution is 2.12. The zero-order chi connectivity index (χ0) is 16.2. The SMILES string of the molecule is CC(NC(=O)C1CN(C)CCO1)c1cn(-c2ccncc2)nn1. The molecular weight excluding hydrogens is 296 g/mol. The molecule has 0 aromatic carbocycles. The Kier molecular flexibility index (Phi) is 4.63. The topological polar surface area (TPSA) is 85.2 Å². The third-order valence-electron chi connectivity index (χ3n) is 3.80. The molecule has 3 rings (SSSR count). The van der Waals surface area contributed by atoms with Crippen molar-refractivity contribution in [2.75, 3.05) is 26.7 Å². The number of amides is 1. The number of carbonyl (C=O) groups excluding carboxylic acids is 1. The molecule has 0 saturated carbocycles. The van der Waals surface area contributed by atoms with Crippen LogP contribution in [0.15, 0.2) is 30.7 Å². The number of ether oxygens (including phenoxy) is 1. The fourth-order valence-electron chi connectivity index (χ4n) is 2.41. The summed E-state index contributed by atoms with van der Waals surface area (Å²) >= 11 is 0. The first-order valence-corrected chi connectivity index (χ1v) is 7.56. The Morgan fingerprint density at radius 2 is 2.22 bits per heavy atom. The maximum atomic E-state index is 12.3. The van der Waals surface area contributed by atoms with E-state index in [2.05, 4.69) is 25.5 Å². The minimum Gasteiger partial charge on any atom is -0.366 e. The molecule has 3 heterocycles. The number of nitrogens with one attached hydrogen (secondary N) is 1. The average Bonchev–Trinajstić information content (AvgIpc) is 3.06. The van der Waals surface area contributed by atoms with Crippen LogP contribution >= 0.6 is 0 Å². The Morgan fingerprint density at radius 1 is 1.43 bits per heavy atom. The molecule has 23 heavy (non-hydrogen) atoms. The van der Waals surface area contributed by atoms with Crippen LogP contribution in [0.2, 0.25) is 0 Å². The number of aromatic nitrogens is 4. The lowest BCUT2D eigenvalue weighted by atomic mass is 10.2. The second kappa shape index (κ2) is 6.84. The van der Waals surface area contributed by atoms with E-state index in [9.17, 15) is 4.79 Å². The summed E-state index contributed by atoms with van der Waals surface area (Å²) in [6, 6.07) is 3.44. The summed E-state index contributed by atoms with van der Waals surface area (Å²) in [5.74, 6) is -0.123. The molecule has 2 atom stereocenters. The summed E-state index contributed by atoms with van der Waals surface area (Å²) in [7, 11) is 1.98. The smallest absolute Gasteiger partial charge is 0.250 e. The molecule has 8 nitrogen and oxygen atoms in total. The van der Waals surface area contributed by atoms with E-state index in [1.807, 2.05) is 26.1 Å². The van der Waals surface area contributed by atoms with Crippen LogP contribution in [0.5, 0.6) is 0 Å². The Morgan fingerprint density at radius 3 is 2.96 bits per heavy atom. The van der Waals surface area contributed by atoms with Gasteiger partial charge < -0.3 is 15.0 Å². The summed E-state index contributed by atoms with van der Waals surface area (Å²) in [4.78, 5) is 18.3. The lowest BCUT2D eigenvalue weighted by Crippen LogP contribution is -2.48.